The SMILES string of the molecule is CC[C@@H](O[C@@H]1C(O[P@@](=O)(N[C@@H](C)C(=O)OC(C)C)Oc2ccccc2)[C@]1(O)CF)n1cnc2c(N(C)C3CC3)nc(N)nc21. The number of halogens is 1. The normalized spacial score (nSPS) is 24.1. The van der Waals surface area contributed by atoms with Crippen LogP contribution >= 0.6 is 7.75 Å². The molecule has 6 atom stereocenters. The van der Waals surface area contributed by atoms with Gasteiger partial charge in [-0.15, -0.1) is 0 Å². The number of alkyl halides is 1. The van der Waals surface area contributed by atoms with E-state index in [0.29, 0.717) is 29.4 Å². The van der Waals surface area contributed by atoms with Crippen LogP contribution in [0.3, 0.4) is 0 Å². The van der Waals surface area contributed by atoms with Gasteiger partial charge in [-0.25, -0.2) is 13.9 Å². The summed E-state index contributed by atoms with van der Waals surface area (Å²) in [4.78, 5) is 27.8. The predicted octanol–water partition coefficient (Wildman–Crippen LogP) is 3.52. The maximum absolute atomic E-state index is 14.3. The number of carbonyl (C=O) groups excluding carboxylic acids is 1. The molecule has 2 heterocycles. The third-order valence-electron chi connectivity index (χ3n) is 7.46. The topological polar surface area (TPSA) is 176 Å². The first-order chi connectivity index (χ1) is 20.9. The summed E-state index contributed by atoms with van der Waals surface area (Å²) < 4.78 is 52.8. The highest BCUT2D eigenvalue weighted by atomic mass is 31.2. The fraction of sp³-hybridized carbons (Fsp3) is 0.571. The number of para-hydroxylation sites is 1. The van der Waals surface area contributed by atoms with E-state index in [0.717, 1.165) is 12.8 Å². The number of hydrogen-bond donors (Lipinski definition) is 3. The van der Waals surface area contributed by atoms with Crippen molar-refractivity contribution in [3.63, 3.8) is 0 Å². The summed E-state index contributed by atoms with van der Waals surface area (Å²) in [7, 11) is -2.49. The number of hydrogen-bond acceptors (Lipinski definition) is 12. The quantitative estimate of drug-likeness (QED) is 0.163. The first-order valence-electron chi connectivity index (χ1n) is 14.6. The Labute approximate surface area is 254 Å². The zero-order chi connectivity index (χ0) is 31.8. The summed E-state index contributed by atoms with van der Waals surface area (Å²) in [6.07, 6.45) is 0.0959. The number of imidazole rings is 1. The second-order valence-electron chi connectivity index (χ2n) is 11.4. The van der Waals surface area contributed by atoms with Crippen molar-refractivity contribution in [2.75, 3.05) is 24.4 Å². The first-order valence-corrected chi connectivity index (χ1v) is 16.1. The van der Waals surface area contributed by atoms with Crippen molar-refractivity contribution in [2.24, 2.45) is 0 Å². The maximum atomic E-state index is 14.3. The van der Waals surface area contributed by atoms with Gasteiger partial charge in [0.05, 0.1) is 12.4 Å². The third-order valence-corrected chi connectivity index (χ3v) is 9.12. The molecule has 240 valence electrons. The third kappa shape index (κ3) is 6.66. The molecule has 2 saturated carbocycles. The molecule has 2 fully saturated rings. The molecule has 44 heavy (non-hydrogen) atoms. The number of nitrogens with one attached hydrogen (secondary N) is 1. The lowest BCUT2D eigenvalue weighted by Gasteiger charge is -2.24. The van der Waals surface area contributed by atoms with Gasteiger partial charge in [-0.1, -0.05) is 25.1 Å². The summed E-state index contributed by atoms with van der Waals surface area (Å²) in [5.74, 6) is 0.109. The van der Waals surface area contributed by atoms with E-state index in [4.69, 9.17) is 24.3 Å². The van der Waals surface area contributed by atoms with Crippen molar-refractivity contribution in [3.8, 4) is 5.75 Å². The molecule has 5 rings (SSSR count). The van der Waals surface area contributed by atoms with Crippen LogP contribution in [0.1, 0.15) is 53.2 Å². The molecule has 0 spiro atoms. The number of rotatable bonds is 15. The van der Waals surface area contributed by atoms with E-state index in [2.05, 4.69) is 20.0 Å². The number of aromatic nitrogens is 4. The van der Waals surface area contributed by atoms with Gasteiger partial charge in [-0.3, -0.25) is 13.9 Å². The van der Waals surface area contributed by atoms with Crippen LogP contribution < -0.4 is 20.2 Å². The minimum Gasteiger partial charge on any atom is -0.462 e. The molecule has 0 amide bonds. The highest BCUT2D eigenvalue weighted by molar-refractivity contribution is 7.52. The molecule has 4 N–H and O–H groups in total. The predicted molar refractivity (Wildman–Crippen MR) is 160 cm³/mol. The van der Waals surface area contributed by atoms with Gasteiger partial charge in [0.1, 0.15) is 36.9 Å². The Kier molecular flexibility index (Phi) is 9.15. The second-order valence-corrected chi connectivity index (χ2v) is 13.0. The van der Waals surface area contributed by atoms with Crippen LogP contribution in [0.25, 0.3) is 11.2 Å². The fourth-order valence-electron chi connectivity index (χ4n) is 4.86. The highest BCUT2D eigenvalue weighted by Crippen LogP contribution is 2.55. The van der Waals surface area contributed by atoms with Gasteiger partial charge < -0.3 is 29.7 Å². The molecule has 1 aromatic carbocycles. The maximum Gasteiger partial charge on any atom is 0.459 e. The first kappa shape index (κ1) is 32.0. The second kappa shape index (κ2) is 12.6. The lowest BCUT2D eigenvalue weighted by molar-refractivity contribution is -0.149. The number of nitrogen functional groups attached to an aromatic ring is 1. The molecule has 1 unspecified atom stereocenters. The Balaban J connectivity index is 1.39. The molecular weight excluding hydrogens is 596 g/mol. The lowest BCUT2D eigenvalue weighted by Crippen LogP contribution is -2.36. The smallest absolute Gasteiger partial charge is 0.459 e. The number of ether oxygens (including phenoxy) is 2. The van der Waals surface area contributed by atoms with E-state index in [1.807, 2.05) is 18.9 Å². The molecule has 2 aliphatic carbocycles. The van der Waals surface area contributed by atoms with Crippen molar-refractivity contribution in [3.05, 3.63) is 36.7 Å². The van der Waals surface area contributed by atoms with E-state index in [-0.39, 0.29) is 11.7 Å². The van der Waals surface area contributed by atoms with Gasteiger partial charge in [0.2, 0.25) is 5.95 Å². The van der Waals surface area contributed by atoms with Gasteiger partial charge in [-0.2, -0.15) is 15.1 Å². The molecule has 0 radical (unpaired) electrons. The number of anilines is 2. The number of fused-ring (bicyclic) bond motifs is 1. The Morgan fingerprint density at radius 3 is 2.57 bits per heavy atom. The van der Waals surface area contributed by atoms with Crippen LogP contribution in [0.15, 0.2) is 36.7 Å². The van der Waals surface area contributed by atoms with Crippen LogP contribution in [0, 0.1) is 0 Å². The summed E-state index contributed by atoms with van der Waals surface area (Å²) >= 11 is 0. The standard InChI is InChI=1S/C28H39FN7O7P/c1-6-20(36-15-31-21-24(35(5)18-12-13-18)32-27(30)33-25(21)36)41-22-23(28(22,38)14-29)43-44(39,42-19-10-8-7-9-11-19)34-17(4)26(37)40-16(2)3/h7-11,15-18,20,22-23,38H,6,12-14H2,1-5H3,(H,34,39)(H2,30,32,33)/t17-,20+,22+,23?,28-,44+/m0/s1. The summed E-state index contributed by atoms with van der Waals surface area (Å²) in [6.45, 7) is 5.35. The molecule has 16 heteroatoms. The molecule has 0 bridgehead atoms. The van der Waals surface area contributed by atoms with Crippen molar-refractivity contribution in [2.45, 2.75) is 89.2 Å². The largest absolute Gasteiger partial charge is 0.462 e. The van der Waals surface area contributed by atoms with Crippen molar-refractivity contribution in [1.29, 1.82) is 0 Å². The van der Waals surface area contributed by atoms with Crippen LogP contribution in [0.4, 0.5) is 16.2 Å². The number of benzene rings is 1. The molecular formula is C28H39FN7O7P. The van der Waals surface area contributed by atoms with Crippen molar-refractivity contribution in [1.82, 2.24) is 24.6 Å². The van der Waals surface area contributed by atoms with E-state index in [1.165, 1.54) is 25.4 Å². The van der Waals surface area contributed by atoms with E-state index < -0.39 is 56.6 Å². The van der Waals surface area contributed by atoms with E-state index >= 15 is 0 Å². The number of esters is 1. The number of carbonyl (C=O) groups is 1. The molecule has 2 aromatic heterocycles. The van der Waals surface area contributed by atoms with Gasteiger partial charge in [0.15, 0.2) is 22.6 Å². The average Bonchev–Trinajstić information content (AvgIpc) is 3.87. The summed E-state index contributed by atoms with van der Waals surface area (Å²) in [6, 6.07) is 7.34. The number of nitrogens with two attached hydrogens (primary N) is 1. The van der Waals surface area contributed by atoms with Crippen LogP contribution in [0.2, 0.25) is 0 Å². The van der Waals surface area contributed by atoms with Crippen molar-refractivity contribution >= 4 is 36.6 Å². The monoisotopic (exact) mass is 635 g/mol. The van der Waals surface area contributed by atoms with Gasteiger partial charge >= 0.3 is 13.7 Å². The van der Waals surface area contributed by atoms with Crippen LogP contribution in [-0.2, 0) is 23.4 Å². The van der Waals surface area contributed by atoms with Crippen molar-refractivity contribution < 1.29 is 37.4 Å². The van der Waals surface area contributed by atoms with E-state index in [9.17, 15) is 18.9 Å². The van der Waals surface area contributed by atoms with Gasteiger partial charge in [0.25, 0.3) is 0 Å². The number of aliphatic hydroxyl groups is 1. The summed E-state index contributed by atoms with van der Waals surface area (Å²) in [5, 5.41) is 13.7. The summed E-state index contributed by atoms with van der Waals surface area (Å²) in [5.41, 5.74) is 4.83. The molecule has 14 nitrogen and oxygen atoms in total. The molecule has 0 saturated heterocycles. The Morgan fingerprint density at radius 2 is 1.95 bits per heavy atom. The van der Waals surface area contributed by atoms with Gasteiger partial charge in [-0.05, 0) is 52.2 Å². The minimum absolute atomic E-state index is 0.0553. The van der Waals surface area contributed by atoms with Crippen LogP contribution in [-0.4, -0.2) is 80.3 Å². The molecule has 0 aliphatic heterocycles. The average molecular weight is 636 g/mol. The highest BCUT2D eigenvalue weighted by Gasteiger charge is 2.70. The Bertz CT molecular complexity index is 1520. The minimum atomic E-state index is -4.42. The lowest BCUT2D eigenvalue weighted by atomic mass is 10.3. The van der Waals surface area contributed by atoms with E-state index in [1.54, 1.807) is 36.6 Å². The molecule has 3 aromatic rings. The number of nitrogens with zero attached hydrogens (tertiary/aromatic N) is 5. The fourth-order valence-corrected chi connectivity index (χ4v) is 6.58. The molecule has 2 aliphatic rings. The zero-order valence-electron chi connectivity index (χ0n) is 25.3. The Hall–Kier alpha value is -3.36. The zero-order valence-corrected chi connectivity index (χ0v) is 26.2. The van der Waals surface area contributed by atoms with Gasteiger partial charge in [0, 0.05) is 13.1 Å². The van der Waals surface area contributed by atoms with Crippen LogP contribution in [0.5, 0.6) is 5.75 Å². The Morgan fingerprint density at radius 1 is 1.25 bits per heavy atom.